The van der Waals surface area contributed by atoms with E-state index in [4.69, 9.17) is 0 Å². The fourth-order valence-electron chi connectivity index (χ4n) is 0. The summed E-state index contributed by atoms with van der Waals surface area (Å²) in [5.41, 5.74) is 0. The van der Waals surface area contributed by atoms with Gasteiger partial charge in [0, 0.05) is 0 Å². The van der Waals surface area contributed by atoms with Crippen LogP contribution in [0.15, 0.2) is 0 Å². The van der Waals surface area contributed by atoms with Gasteiger partial charge < -0.3 is 0 Å². The van der Waals surface area contributed by atoms with Gasteiger partial charge in [-0.3, -0.25) is 0 Å². The minimum atomic E-state index is 0. The molecular formula is C3H11AlLi. The molecule has 0 spiro atoms. The first-order valence-corrected chi connectivity index (χ1v) is 1.15. The summed E-state index contributed by atoms with van der Waals surface area (Å²) in [4.78, 5) is 0. The Bertz CT molecular complexity index is 6.85. The van der Waals surface area contributed by atoms with Crippen LogP contribution >= 0.6 is 0 Å². The van der Waals surface area contributed by atoms with Gasteiger partial charge in [0.1, 0.15) is 0 Å². The predicted octanol–water partition coefficient (Wildman–Crippen LogP) is -0.602. The second-order valence-electron chi connectivity index (χ2n) is 0.577. The zero-order valence-corrected chi connectivity index (χ0v) is 2.58. The van der Waals surface area contributed by atoms with E-state index in [-0.39, 0.29) is 36.2 Å². The van der Waals surface area contributed by atoms with Gasteiger partial charge in [-0.2, -0.15) is 0 Å². The molecule has 0 aliphatic heterocycles. The molecule has 0 aromatic carbocycles. The zero-order chi connectivity index (χ0) is 2.71. The molecule has 0 fully saturated rings. The monoisotopic (exact) mass is 81.1 g/mol. The average Bonchev–Trinajstić information content (AvgIpc) is 0.918. The van der Waals surface area contributed by atoms with Gasteiger partial charge in [0.2, 0.25) is 0 Å². The number of rotatable bonds is 0. The fraction of sp³-hybridized carbons (Fsp3) is 0.667. The van der Waals surface area contributed by atoms with Gasteiger partial charge >= 0.3 is 18.9 Å². The van der Waals surface area contributed by atoms with E-state index in [2.05, 4.69) is 0 Å². The Morgan fingerprint density at radius 3 is 1.20 bits per heavy atom. The summed E-state index contributed by atoms with van der Waals surface area (Å²) in [6.07, 6.45) is 2.00. The topological polar surface area (TPSA) is 0 Å². The molecule has 0 atom stereocenters. The third kappa shape index (κ3) is 39.4. The molecule has 0 heterocycles. The van der Waals surface area contributed by atoms with Gasteiger partial charge in [-0.05, 0) is 6.42 Å². The van der Waals surface area contributed by atoms with Crippen molar-refractivity contribution in [2.45, 2.75) is 13.8 Å². The van der Waals surface area contributed by atoms with Gasteiger partial charge in [-0.25, -0.2) is 0 Å². The molecule has 27 valence electrons. The van der Waals surface area contributed by atoms with E-state index in [0.717, 1.165) is 0 Å². The molecule has 0 rings (SSSR count). The first kappa shape index (κ1) is 16.5. The summed E-state index contributed by atoms with van der Waals surface area (Å²) < 4.78 is 0. The van der Waals surface area contributed by atoms with Crippen LogP contribution in [0, 0.1) is 6.42 Å². The standard InChI is InChI=1S/C3H7.Al.Li.4H/c1-3-2;;;;;;/h3H,1-2H3;;;;;;. The van der Waals surface area contributed by atoms with Crippen LogP contribution in [0.2, 0.25) is 0 Å². The van der Waals surface area contributed by atoms with Crippen LogP contribution in [-0.2, 0) is 0 Å². The number of hydrogen-bond donors (Lipinski definition) is 0. The Morgan fingerprint density at radius 1 is 1.20 bits per heavy atom. The second kappa shape index (κ2) is 19.3. The Kier molecular flexibility index (Phi) is 63.5. The van der Waals surface area contributed by atoms with Crippen LogP contribution in [0.5, 0.6) is 0 Å². The van der Waals surface area contributed by atoms with Crippen molar-refractivity contribution in [3.8, 4) is 0 Å². The van der Waals surface area contributed by atoms with E-state index < -0.39 is 0 Å². The van der Waals surface area contributed by atoms with Crippen LogP contribution < -0.4 is 0 Å². The summed E-state index contributed by atoms with van der Waals surface area (Å²) in [5.74, 6) is 0. The van der Waals surface area contributed by atoms with Crippen molar-refractivity contribution in [3.63, 3.8) is 0 Å². The van der Waals surface area contributed by atoms with Crippen molar-refractivity contribution >= 4 is 36.2 Å². The third-order valence-electron chi connectivity index (χ3n) is 0. The first-order valence-electron chi connectivity index (χ1n) is 1.15. The predicted molar refractivity (Wildman–Crippen MR) is 32.7 cm³/mol. The molecule has 0 saturated heterocycles. The molecule has 2 heteroatoms. The quantitative estimate of drug-likeness (QED) is 0.341. The van der Waals surface area contributed by atoms with E-state index >= 15 is 0 Å². The molecule has 0 amide bonds. The summed E-state index contributed by atoms with van der Waals surface area (Å²) >= 11 is 0. The Morgan fingerprint density at radius 2 is 1.20 bits per heavy atom. The molecule has 0 aromatic heterocycles. The van der Waals surface area contributed by atoms with E-state index in [9.17, 15) is 0 Å². The molecule has 1 radical (unpaired) electrons. The Balaban J connectivity index is -0.0000000200. The molecular weight excluding hydrogens is 70.0 g/mol. The fourth-order valence-corrected chi connectivity index (χ4v) is 0. The minimum absolute atomic E-state index is 0. The SMILES string of the molecule is C[CH]C.[AlH3].[LiH]. The molecule has 0 N–H and O–H groups in total. The van der Waals surface area contributed by atoms with E-state index in [1.165, 1.54) is 0 Å². The van der Waals surface area contributed by atoms with Gasteiger partial charge in [-0.15, -0.1) is 0 Å². The van der Waals surface area contributed by atoms with Crippen LogP contribution in [0.3, 0.4) is 0 Å². The Hall–Kier alpha value is 1.13. The van der Waals surface area contributed by atoms with E-state index in [0.29, 0.717) is 0 Å². The number of hydrogen-bond acceptors (Lipinski definition) is 0. The average molecular weight is 81.0 g/mol. The van der Waals surface area contributed by atoms with Gasteiger partial charge in [-0.1, -0.05) is 13.8 Å². The summed E-state index contributed by atoms with van der Waals surface area (Å²) in [5, 5.41) is 0. The zero-order valence-electron chi connectivity index (χ0n) is 2.58. The molecule has 0 aliphatic rings. The van der Waals surface area contributed by atoms with Crippen molar-refractivity contribution in [2.24, 2.45) is 0 Å². The van der Waals surface area contributed by atoms with Crippen molar-refractivity contribution in [1.82, 2.24) is 0 Å². The molecule has 0 saturated carbocycles. The van der Waals surface area contributed by atoms with Gasteiger partial charge in [0.15, 0.2) is 17.4 Å². The summed E-state index contributed by atoms with van der Waals surface area (Å²) in [6, 6.07) is 0. The van der Waals surface area contributed by atoms with Crippen molar-refractivity contribution in [2.75, 3.05) is 0 Å². The van der Waals surface area contributed by atoms with Crippen LogP contribution in [0.1, 0.15) is 13.8 Å². The second-order valence-corrected chi connectivity index (χ2v) is 0.577. The van der Waals surface area contributed by atoms with Crippen molar-refractivity contribution in [1.29, 1.82) is 0 Å². The van der Waals surface area contributed by atoms with E-state index in [1.807, 2.05) is 20.3 Å². The summed E-state index contributed by atoms with van der Waals surface area (Å²) in [7, 11) is 0. The summed E-state index contributed by atoms with van der Waals surface area (Å²) in [6.45, 7) is 4.00. The Labute approximate surface area is 56.6 Å². The maximum absolute atomic E-state index is 2.00. The maximum atomic E-state index is 2.00. The molecule has 5 heavy (non-hydrogen) atoms. The van der Waals surface area contributed by atoms with Crippen LogP contribution in [0.4, 0.5) is 0 Å². The molecule has 0 aliphatic carbocycles. The molecule has 0 bridgehead atoms. The van der Waals surface area contributed by atoms with Crippen molar-refractivity contribution < 1.29 is 0 Å². The van der Waals surface area contributed by atoms with E-state index in [1.54, 1.807) is 0 Å². The molecule has 0 nitrogen and oxygen atoms in total. The van der Waals surface area contributed by atoms with Crippen LogP contribution in [-0.4, -0.2) is 36.2 Å². The van der Waals surface area contributed by atoms with Crippen molar-refractivity contribution in [3.05, 3.63) is 6.42 Å². The van der Waals surface area contributed by atoms with Gasteiger partial charge in [0.25, 0.3) is 0 Å². The molecule has 0 unspecified atom stereocenters. The van der Waals surface area contributed by atoms with Crippen LogP contribution in [0.25, 0.3) is 0 Å². The third-order valence-corrected chi connectivity index (χ3v) is 0. The normalized spacial score (nSPS) is 3.60. The first-order chi connectivity index (χ1) is 1.41. The molecule has 0 aromatic rings. The van der Waals surface area contributed by atoms with Gasteiger partial charge in [0.05, 0.1) is 0 Å².